The molecule has 0 rings (SSSR count). The second-order valence-electron chi connectivity index (χ2n) is 0.565. The van der Waals surface area contributed by atoms with Gasteiger partial charge < -0.3 is 0 Å². The molecule has 4 N–H and O–H groups in total. The van der Waals surface area contributed by atoms with Crippen LogP contribution in [0.3, 0.4) is 0 Å². The van der Waals surface area contributed by atoms with Crippen molar-refractivity contribution in [3.63, 3.8) is 0 Å². The molecule has 0 aliphatic heterocycles. The van der Waals surface area contributed by atoms with Crippen molar-refractivity contribution < 1.29 is 120 Å². The van der Waals surface area contributed by atoms with Crippen LogP contribution in [0.5, 0.6) is 0 Å². The van der Waals surface area contributed by atoms with E-state index in [4.69, 9.17) is 21.4 Å². The SMILES string of the molecule is [La].[O]=[Ti]([OH])[OH].[O]=[Ti]([OH])[OH].[PbH2].[Zr]. The molecule has 61 valence electrons. The minimum absolute atomic E-state index is 0. The maximum Gasteiger partial charge on any atom is 0 e. The third-order valence-corrected chi connectivity index (χ3v) is 0. The van der Waals surface area contributed by atoms with Gasteiger partial charge in [-0.05, 0) is 0 Å². The van der Waals surface area contributed by atoms with E-state index in [0.29, 0.717) is 0 Å². The van der Waals surface area contributed by atoms with Crippen molar-refractivity contribution in [3.8, 4) is 0 Å². The van der Waals surface area contributed by atoms with E-state index in [9.17, 15) is 0 Å². The molecule has 0 unspecified atom stereocenters. The van der Waals surface area contributed by atoms with Gasteiger partial charge in [0.05, 0.1) is 0 Å². The summed E-state index contributed by atoms with van der Waals surface area (Å²) in [5.74, 6) is 0. The topological polar surface area (TPSA) is 115 Å². The van der Waals surface area contributed by atoms with Gasteiger partial charge in [0.25, 0.3) is 0 Å². The normalized spacial score (nSPS) is 4.73. The standard InChI is InChI=1S/La.4H2O.2O.Pb.2Ti.Zr.2H/h;4*1H2;;;;;;;;/q;;;;;;;;2*+2;;;/p-4. The smallest absolute Gasteiger partial charge is 0 e. The van der Waals surface area contributed by atoms with Crippen molar-refractivity contribution in [1.82, 2.24) is 0 Å². The second-order valence-corrected chi connectivity index (χ2v) is 2.33. The summed E-state index contributed by atoms with van der Waals surface area (Å²) < 4.78 is 46.5. The summed E-state index contributed by atoms with van der Waals surface area (Å²) >= 11 is -7.17. The molecule has 11 heteroatoms. The van der Waals surface area contributed by atoms with Gasteiger partial charge in [-0.25, -0.2) is 0 Å². The minimum atomic E-state index is -3.58. The first-order valence-electron chi connectivity index (χ1n) is 1.30. The van der Waals surface area contributed by atoms with Crippen LogP contribution in [-0.2, 0) is 70.1 Å². The molecule has 11 heavy (non-hydrogen) atoms. The van der Waals surface area contributed by atoms with Crippen LogP contribution in [0.1, 0.15) is 0 Å². The predicted molar refractivity (Wildman–Crippen MR) is 18.8 cm³/mol. The molecule has 0 atom stereocenters. The van der Waals surface area contributed by atoms with Crippen molar-refractivity contribution in [1.29, 1.82) is 0 Å². The van der Waals surface area contributed by atoms with Gasteiger partial charge in [0, 0.05) is 61.8 Å². The van der Waals surface area contributed by atoms with Gasteiger partial charge in [-0.1, -0.05) is 0 Å². The first-order chi connectivity index (χ1) is 3.46. The molecular weight excluding hydrogens is 629 g/mol. The Kier molecular flexibility index (Phi) is 63.0. The van der Waals surface area contributed by atoms with E-state index in [1.165, 1.54) is 0 Å². The summed E-state index contributed by atoms with van der Waals surface area (Å²) in [6, 6.07) is 0. The Hall–Kier alpha value is 3.87. The van der Waals surface area contributed by atoms with Crippen LogP contribution in [0.15, 0.2) is 0 Å². The van der Waals surface area contributed by atoms with Gasteiger partial charge in [0.1, 0.15) is 0 Å². The van der Waals surface area contributed by atoms with E-state index >= 15 is 0 Å². The van der Waals surface area contributed by atoms with Crippen LogP contribution in [0.2, 0.25) is 0 Å². The van der Waals surface area contributed by atoms with Crippen molar-refractivity contribution in [2.24, 2.45) is 0 Å². The van der Waals surface area contributed by atoms with Gasteiger partial charge >= 0.3 is 85.9 Å². The summed E-state index contributed by atoms with van der Waals surface area (Å²) in [5, 5.41) is 0. The van der Waals surface area contributed by atoms with E-state index in [-0.39, 0.29) is 89.1 Å². The van der Waals surface area contributed by atoms with E-state index < -0.39 is 37.2 Å². The van der Waals surface area contributed by atoms with Crippen molar-refractivity contribution in [2.45, 2.75) is 0 Å². The number of rotatable bonds is 0. The molecule has 0 amide bonds. The van der Waals surface area contributed by atoms with Crippen LogP contribution >= 0.6 is 0 Å². The van der Waals surface area contributed by atoms with Gasteiger partial charge in [0.2, 0.25) is 0 Å². The Morgan fingerprint density at radius 1 is 0.818 bits per heavy atom. The van der Waals surface area contributed by atoms with Gasteiger partial charge in [-0.2, -0.15) is 0 Å². The predicted octanol–water partition coefficient (Wildman–Crippen LogP) is -3.39. The molecule has 0 aromatic rings. The number of hydrogen-bond donors (Lipinski definition) is 4. The average Bonchev–Trinajstić information content (AvgIpc) is 1.25. The Morgan fingerprint density at radius 2 is 0.818 bits per heavy atom. The molecule has 0 bridgehead atoms. The molecule has 0 saturated carbocycles. The van der Waals surface area contributed by atoms with Gasteiger partial charge in [-0.3, -0.25) is 0 Å². The molecule has 0 aromatic carbocycles. The molecule has 0 aliphatic carbocycles. The average molecular weight is 635 g/mol. The molecule has 6 nitrogen and oxygen atoms in total. The Morgan fingerprint density at radius 3 is 0.818 bits per heavy atom. The summed E-state index contributed by atoms with van der Waals surface area (Å²) in [6.45, 7) is 0. The summed E-state index contributed by atoms with van der Waals surface area (Å²) in [6.07, 6.45) is 0. The molecule has 0 saturated heterocycles. The first-order valence-corrected chi connectivity index (χ1v) is 5.37. The van der Waals surface area contributed by atoms with E-state index in [0.717, 1.165) is 0 Å². The summed E-state index contributed by atoms with van der Waals surface area (Å²) in [4.78, 5) is 0. The van der Waals surface area contributed by atoms with Crippen molar-refractivity contribution in [3.05, 3.63) is 0 Å². The largest absolute Gasteiger partial charge is 0 e. The fraction of sp³-hybridized carbons (Fsp3) is 0. The first kappa shape index (κ1) is 29.4. The van der Waals surface area contributed by atoms with Crippen LogP contribution in [0.25, 0.3) is 0 Å². The van der Waals surface area contributed by atoms with Gasteiger partial charge in [0.15, 0.2) is 0 Å². The van der Waals surface area contributed by atoms with Crippen LogP contribution in [-0.4, -0.2) is 42.1 Å². The third kappa shape index (κ3) is 131. The van der Waals surface area contributed by atoms with Crippen molar-refractivity contribution in [2.75, 3.05) is 0 Å². The Balaban J connectivity index is -0.0000000171. The molecule has 0 aromatic heterocycles. The maximum atomic E-state index is 8.81. The molecular formula is H6LaO6PbTi2Zr. The quantitative estimate of drug-likeness (QED) is 0.207. The maximum absolute atomic E-state index is 8.81. The fourth-order valence-corrected chi connectivity index (χ4v) is 0. The Labute approximate surface area is 144 Å². The molecule has 0 heterocycles. The van der Waals surface area contributed by atoms with E-state index in [1.54, 1.807) is 0 Å². The van der Waals surface area contributed by atoms with E-state index in [2.05, 4.69) is 0 Å². The van der Waals surface area contributed by atoms with Crippen LogP contribution < -0.4 is 0 Å². The summed E-state index contributed by atoms with van der Waals surface area (Å²) in [5.41, 5.74) is 0. The van der Waals surface area contributed by atoms with Crippen LogP contribution in [0, 0.1) is 35.6 Å². The summed E-state index contributed by atoms with van der Waals surface area (Å²) in [7, 11) is 0. The molecule has 0 spiro atoms. The Bertz CT molecular complexity index is 78.6. The third-order valence-electron chi connectivity index (χ3n) is 0. The molecule has 0 fully saturated rings. The fourth-order valence-electron chi connectivity index (χ4n) is 0. The zero-order valence-electron chi connectivity index (χ0n) is 5.39. The zero-order chi connectivity index (χ0) is 7.15. The van der Waals surface area contributed by atoms with Crippen molar-refractivity contribution >= 4 is 27.3 Å². The zero-order valence-corrected chi connectivity index (χ0v) is 20.1. The molecule has 0 aliphatic rings. The number of hydrogen-bond acceptors (Lipinski definition) is 2. The minimum Gasteiger partial charge on any atom is 0 e. The molecule has 3 radical (unpaired) electrons. The van der Waals surface area contributed by atoms with Crippen LogP contribution in [0.4, 0.5) is 0 Å². The van der Waals surface area contributed by atoms with Gasteiger partial charge in [-0.15, -0.1) is 0 Å². The monoisotopic (exact) mass is 635 g/mol. The van der Waals surface area contributed by atoms with E-state index in [1.807, 2.05) is 0 Å². The second kappa shape index (κ2) is 23.6.